The molecule has 2 aromatic rings. The van der Waals surface area contributed by atoms with E-state index in [1.54, 1.807) is 4.68 Å². The van der Waals surface area contributed by atoms with E-state index in [0.29, 0.717) is 31.7 Å². The SMILES string of the molecule is Cn1nc(C2CCC(=O)NC2=O)c2ccc(NC3C[C@H]4COC[C@@H](C3)N4C(=O)OC(C)(C)C)cc21. The number of hydrogen-bond acceptors (Lipinski definition) is 7. The van der Waals surface area contributed by atoms with E-state index in [4.69, 9.17) is 9.47 Å². The number of anilines is 1. The first kappa shape index (κ1) is 23.6. The number of imide groups is 1. The van der Waals surface area contributed by atoms with Gasteiger partial charge in [0.1, 0.15) is 5.60 Å². The molecule has 35 heavy (non-hydrogen) atoms. The predicted octanol–water partition coefficient (Wildman–Crippen LogP) is 2.67. The number of nitrogens with one attached hydrogen (secondary N) is 2. The molecule has 3 aliphatic rings. The minimum absolute atomic E-state index is 0.0330. The van der Waals surface area contributed by atoms with E-state index < -0.39 is 11.5 Å². The lowest BCUT2D eigenvalue weighted by molar-refractivity contribution is -0.134. The highest BCUT2D eigenvalue weighted by atomic mass is 16.6. The second-order valence-corrected chi connectivity index (χ2v) is 10.8. The number of rotatable bonds is 3. The average molecular weight is 484 g/mol. The van der Waals surface area contributed by atoms with E-state index in [1.807, 2.05) is 50.9 Å². The molecular weight excluding hydrogens is 450 g/mol. The highest BCUT2D eigenvalue weighted by Crippen LogP contribution is 2.34. The van der Waals surface area contributed by atoms with E-state index in [9.17, 15) is 14.4 Å². The molecule has 0 aliphatic carbocycles. The van der Waals surface area contributed by atoms with Gasteiger partial charge >= 0.3 is 6.09 Å². The van der Waals surface area contributed by atoms with Gasteiger partial charge in [-0.15, -0.1) is 0 Å². The minimum Gasteiger partial charge on any atom is -0.444 e. The number of fused-ring (bicyclic) bond motifs is 3. The first-order valence-corrected chi connectivity index (χ1v) is 12.2. The molecule has 0 saturated carbocycles. The number of ether oxygens (including phenoxy) is 2. The molecule has 0 spiro atoms. The maximum Gasteiger partial charge on any atom is 0.410 e. The van der Waals surface area contributed by atoms with Crippen LogP contribution >= 0.6 is 0 Å². The summed E-state index contributed by atoms with van der Waals surface area (Å²) in [6, 6.07) is 6.16. The van der Waals surface area contributed by atoms with E-state index in [1.165, 1.54) is 0 Å². The van der Waals surface area contributed by atoms with Crippen molar-refractivity contribution in [2.45, 2.75) is 76.1 Å². The van der Waals surface area contributed by atoms with E-state index in [0.717, 1.165) is 29.4 Å². The first-order valence-electron chi connectivity index (χ1n) is 12.2. The summed E-state index contributed by atoms with van der Waals surface area (Å²) in [5, 5.41) is 11.6. The zero-order chi connectivity index (χ0) is 24.9. The Morgan fingerprint density at radius 2 is 1.91 bits per heavy atom. The zero-order valence-electron chi connectivity index (χ0n) is 20.7. The summed E-state index contributed by atoms with van der Waals surface area (Å²) in [5.41, 5.74) is 2.05. The molecule has 2 unspecified atom stereocenters. The molecule has 1 aromatic heterocycles. The third-order valence-corrected chi connectivity index (χ3v) is 6.94. The molecule has 188 valence electrons. The van der Waals surface area contributed by atoms with Crippen LogP contribution in [0.25, 0.3) is 10.9 Å². The molecule has 3 fully saturated rings. The normalized spacial score (nSPS) is 27.0. The number of piperidine rings is 2. The van der Waals surface area contributed by atoms with Gasteiger partial charge in [0.15, 0.2) is 0 Å². The van der Waals surface area contributed by atoms with Crippen molar-refractivity contribution in [1.29, 1.82) is 0 Å². The second kappa shape index (κ2) is 8.82. The van der Waals surface area contributed by atoms with Gasteiger partial charge in [0.2, 0.25) is 11.8 Å². The van der Waals surface area contributed by atoms with Crippen LogP contribution in [0, 0.1) is 0 Å². The zero-order valence-corrected chi connectivity index (χ0v) is 20.7. The molecule has 0 radical (unpaired) electrons. The molecular formula is C25H33N5O5. The van der Waals surface area contributed by atoms with Gasteiger partial charge in [-0.25, -0.2) is 4.79 Å². The number of amides is 3. The number of benzene rings is 1. The number of carbonyl (C=O) groups is 3. The number of hydrogen-bond donors (Lipinski definition) is 2. The van der Waals surface area contributed by atoms with Crippen molar-refractivity contribution in [3.05, 3.63) is 23.9 Å². The summed E-state index contributed by atoms with van der Waals surface area (Å²) < 4.78 is 13.2. The number of morpholine rings is 1. The molecule has 3 saturated heterocycles. The van der Waals surface area contributed by atoms with Gasteiger partial charge in [0, 0.05) is 30.6 Å². The van der Waals surface area contributed by atoms with Crippen molar-refractivity contribution in [2.24, 2.45) is 7.05 Å². The van der Waals surface area contributed by atoms with Crippen LogP contribution in [0.3, 0.4) is 0 Å². The fourth-order valence-electron chi connectivity index (χ4n) is 5.47. The van der Waals surface area contributed by atoms with Gasteiger partial charge in [0.25, 0.3) is 0 Å². The summed E-state index contributed by atoms with van der Waals surface area (Å²) in [6.07, 6.45) is 2.05. The maximum atomic E-state index is 12.8. The highest BCUT2D eigenvalue weighted by molar-refractivity contribution is 6.02. The molecule has 2 bridgehead atoms. The highest BCUT2D eigenvalue weighted by Gasteiger charge is 2.43. The lowest BCUT2D eigenvalue weighted by Gasteiger charge is -2.48. The summed E-state index contributed by atoms with van der Waals surface area (Å²) >= 11 is 0. The topological polar surface area (TPSA) is 115 Å². The predicted molar refractivity (Wildman–Crippen MR) is 129 cm³/mol. The van der Waals surface area contributed by atoms with Gasteiger partial charge in [0.05, 0.1) is 42.4 Å². The van der Waals surface area contributed by atoms with Gasteiger partial charge in [-0.3, -0.25) is 24.5 Å². The fraction of sp³-hybridized carbons (Fsp3) is 0.600. The average Bonchev–Trinajstić information content (AvgIpc) is 3.07. The Morgan fingerprint density at radius 3 is 2.57 bits per heavy atom. The smallest absolute Gasteiger partial charge is 0.410 e. The standard InChI is InChI=1S/C25H33N5O5/c1-25(2,3)35-24(33)30-16-9-15(10-17(30)13-34-12-16)26-14-5-6-18-20(11-14)29(4)28-22(18)19-7-8-21(31)27-23(19)32/h5-6,11,15-17,19,26H,7-10,12-13H2,1-4H3,(H,27,31,32)/t15?,16-,17+,19?. The van der Waals surface area contributed by atoms with Crippen LogP contribution in [0.15, 0.2) is 18.2 Å². The van der Waals surface area contributed by atoms with Crippen molar-refractivity contribution in [3.63, 3.8) is 0 Å². The van der Waals surface area contributed by atoms with Crippen LogP contribution in [0.1, 0.15) is 58.1 Å². The minimum atomic E-state index is -0.535. The molecule has 3 aliphatic heterocycles. The first-order chi connectivity index (χ1) is 16.6. The van der Waals surface area contributed by atoms with Crippen molar-refractivity contribution in [1.82, 2.24) is 20.0 Å². The Morgan fingerprint density at radius 1 is 1.20 bits per heavy atom. The Balaban J connectivity index is 1.32. The summed E-state index contributed by atoms with van der Waals surface area (Å²) in [7, 11) is 1.86. The lowest BCUT2D eigenvalue weighted by Crippen LogP contribution is -2.61. The van der Waals surface area contributed by atoms with Crippen LogP contribution in [0.5, 0.6) is 0 Å². The van der Waals surface area contributed by atoms with E-state index >= 15 is 0 Å². The van der Waals surface area contributed by atoms with E-state index in [2.05, 4.69) is 15.7 Å². The molecule has 10 nitrogen and oxygen atoms in total. The molecule has 3 amide bonds. The molecule has 1 aromatic carbocycles. The summed E-state index contributed by atoms with van der Waals surface area (Å²) in [6.45, 7) is 6.65. The summed E-state index contributed by atoms with van der Waals surface area (Å²) in [4.78, 5) is 38.6. The van der Waals surface area contributed by atoms with E-state index in [-0.39, 0.29) is 36.0 Å². The monoisotopic (exact) mass is 483 g/mol. The Bertz CT molecular complexity index is 1150. The Hall–Kier alpha value is -3.14. The Labute approximate surface area is 204 Å². The fourth-order valence-corrected chi connectivity index (χ4v) is 5.47. The lowest BCUT2D eigenvalue weighted by atomic mass is 9.90. The summed E-state index contributed by atoms with van der Waals surface area (Å²) in [5.74, 6) is -0.938. The molecule has 5 rings (SSSR count). The largest absolute Gasteiger partial charge is 0.444 e. The third-order valence-electron chi connectivity index (χ3n) is 6.94. The molecule has 10 heteroatoms. The second-order valence-electron chi connectivity index (χ2n) is 10.8. The van der Waals surface area contributed by atoms with Crippen LogP contribution in [-0.2, 0) is 26.1 Å². The van der Waals surface area contributed by atoms with Crippen LogP contribution in [0.4, 0.5) is 10.5 Å². The number of carbonyl (C=O) groups excluding carboxylic acids is 3. The Kier molecular flexibility index (Phi) is 5.94. The number of aromatic nitrogens is 2. The quantitative estimate of drug-likeness (QED) is 0.645. The van der Waals surface area contributed by atoms with Gasteiger partial charge in [-0.05, 0) is 58.2 Å². The van der Waals surface area contributed by atoms with Crippen LogP contribution < -0.4 is 10.6 Å². The van der Waals surface area contributed by atoms with Gasteiger partial charge in [-0.2, -0.15) is 5.10 Å². The third kappa shape index (κ3) is 4.71. The van der Waals surface area contributed by atoms with Gasteiger partial charge < -0.3 is 14.8 Å². The van der Waals surface area contributed by atoms with Crippen molar-refractivity contribution in [3.8, 4) is 0 Å². The maximum absolute atomic E-state index is 12.8. The molecule has 2 N–H and O–H groups in total. The van der Waals surface area contributed by atoms with Crippen molar-refractivity contribution >= 4 is 34.5 Å². The number of aryl methyl sites for hydroxylation is 1. The van der Waals surface area contributed by atoms with Crippen LogP contribution in [-0.4, -0.2) is 69.5 Å². The van der Waals surface area contributed by atoms with Crippen molar-refractivity contribution < 1.29 is 23.9 Å². The van der Waals surface area contributed by atoms with Gasteiger partial charge in [-0.1, -0.05) is 0 Å². The number of nitrogens with zero attached hydrogens (tertiary/aromatic N) is 3. The molecule has 4 heterocycles. The van der Waals surface area contributed by atoms with Crippen molar-refractivity contribution in [2.75, 3.05) is 18.5 Å². The van der Waals surface area contributed by atoms with Crippen LogP contribution in [0.2, 0.25) is 0 Å². The molecule has 4 atom stereocenters.